The van der Waals surface area contributed by atoms with Crippen molar-refractivity contribution in [3.63, 3.8) is 0 Å². The van der Waals surface area contributed by atoms with Crippen molar-refractivity contribution in [2.24, 2.45) is 0 Å². The molecule has 0 aliphatic heterocycles. The molecule has 2 fully saturated rings. The van der Waals surface area contributed by atoms with Gasteiger partial charge in [0.25, 0.3) is 0 Å². The fourth-order valence-corrected chi connectivity index (χ4v) is 3.62. The fraction of sp³-hybridized carbons (Fsp3) is 0.833. The van der Waals surface area contributed by atoms with E-state index in [1.54, 1.807) is 13.8 Å². The first-order valence-corrected chi connectivity index (χ1v) is 12.6. The van der Waals surface area contributed by atoms with E-state index in [0.717, 1.165) is 25.7 Å². The van der Waals surface area contributed by atoms with Gasteiger partial charge in [0.05, 0.1) is 26.4 Å². The van der Waals surface area contributed by atoms with Crippen molar-refractivity contribution in [2.45, 2.75) is 102 Å². The second-order valence-corrected chi connectivity index (χ2v) is 8.90. The van der Waals surface area contributed by atoms with E-state index in [9.17, 15) is 29.4 Å². The van der Waals surface area contributed by atoms with Gasteiger partial charge in [-0.3, -0.25) is 0 Å². The average molecular weight is 730 g/mol. The molecule has 2 aliphatic rings. The van der Waals surface area contributed by atoms with Crippen LogP contribution in [0.25, 0.3) is 0 Å². The van der Waals surface area contributed by atoms with E-state index in [0.29, 0.717) is 25.7 Å². The van der Waals surface area contributed by atoms with Crippen LogP contribution in [0.2, 0.25) is 0 Å². The molecule has 2 radical (unpaired) electrons. The second-order valence-electron chi connectivity index (χ2n) is 8.90. The normalized spacial score (nSPS) is 22.9. The van der Waals surface area contributed by atoms with Crippen LogP contribution in [-0.4, -0.2) is 98.9 Å². The molecule has 226 valence electrons. The third-order valence-corrected chi connectivity index (χ3v) is 5.63. The smallest absolute Gasteiger partial charge is 0.438 e. The van der Waals surface area contributed by atoms with Crippen molar-refractivity contribution in [2.75, 3.05) is 27.4 Å². The molecule has 0 aromatic carbocycles. The summed E-state index contributed by atoms with van der Waals surface area (Å²) in [6.45, 7) is 2.88. The number of ether oxygens (including phenoxy) is 8. The number of hydrogen-bond acceptors (Lipinski definition) is 14. The van der Waals surface area contributed by atoms with Crippen LogP contribution in [-0.2, 0) is 103 Å². The van der Waals surface area contributed by atoms with Gasteiger partial charge in [-0.05, 0) is 52.4 Å². The molecular formula is C24H40O14Y2. The third-order valence-electron chi connectivity index (χ3n) is 5.63. The number of carbonyl (C=O) groups is 4. The Kier molecular flexibility index (Phi) is 24.5. The molecule has 2 aliphatic carbocycles. The minimum absolute atomic E-state index is 0. The number of aliphatic hydroxyl groups excluding tert-OH is 2. The number of rotatable bonds is 8. The molecule has 2 rings (SSSR count). The molecule has 6 atom stereocenters. The largest absolute Gasteiger partial charge is 0.509 e. The maximum atomic E-state index is 11.5. The fourth-order valence-electron chi connectivity index (χ4n) is 3.62. The molecule has 0 heterocycles. The summed E-state index contributed by atoms with van der Waals surface area (Å²) in [4.78, 5) is 44.3. The molecule has 40 heavy (non-hydrogen) atoms. The number of hydrogen-bond donors (Lipinski definition) is 2. The van der Waals surface area contributed by atoms with Gasteiger partial charge in [-0.25, -0.2) is 19.2 Å². The van der Waals surface area contributed by atoms with E-state index in [-0.39, 0.29) is 78.6 Å². The predicted molar refractivity (Wildman–Crippen MR) is 127 cm³/mol. The molecule has 6 unspecified atom stereocenters. The summed E-state index contributed by atoms with van der Waals surface area (Å²) in [5.74, 6) is 0. The first-order chi connectivity index (χ1) is 18.0. The van der Waals surface area contributed by atoms with E-state index in [4.69, 9.17) is 18.9 Å². The summed E-state index contributed by atoms with van der Waals surface area (Å²) in [6.07, 6.45) is -0.831. The standard InChI is InChI=1S/2C12H20O7.2Y/c2*1-8(7-17-11(14)16-2)18-12(15)19-10-6-4-3-5-9(10)13;;/h2*8-10,13H,3-7H2,1-2H3;;. The van der Waals surface area contributed by atoms with E-state index >= 15 is 0 Å². The maximum absolute atomic E-state index is 11.5. The van der Waals surface area contributed by atoms with Gasteiger partial charge in [0, 0.05) is 65.4 Å². The average Bonchev–Trinajstić information content (AvgIpc) is 2.88. The van der Waals surface area contributed by atoms with Crippen LogP contribution in [0, 0.1) is 0 Å². The summed E-state index contributed by atoms with van der Waals surface area (Å²) in [6, 6.07) is 0. The van der Waals surface area contributed by atoms with E-state index in [1.165, 1.54) is 14.2 Å². The first kappa shape index (κ1) is 41.3. The van der Waals surface area contributed by atoms with Crippen LogP contribution in [0.3, 0.4) is 0 Å². The Labute approximate surface area is 284 Å². The minimum atomic E-state index is -0.869. The zero-order chi connectivity index (χ0) is 28.5. The van der Waals surface area contributed by atoms with Crippen LogP contribution in [0.1, 0.15) is 65.2 Å². The Bertz CT molecular complexity index is 680. The maximum Gasteiger partial charge on any atom is 0.509 e. The van der Waals surface area contributed by atoms with Gasteiger partial charge < -0.3 is 48.1 Å². The van der Waals surface area contributed by atoms with Crippen LogP contribution < -0.4 is 0 Å². The predicted octanol–water partition coefficient (Wildman–Crippen LogP) is 3.22. The van der Waals surface area contributed by atoms with Crippen LogP contribution in [0.5, 0.6) is 0 Å². The Hall–Kier alpha value is -0.792. The van der Waals surface area contributed by atoms with Crippen molar-refractivity contribution in [3.05, 3.63) is 0 Å². The Morgan fingerprint density at radius 3 is 1.25 bits per heavy atom. The molecule has 16 heteroatoms. The van der Waals surface area contributed by atoms with Gasteiger partial charge in [0.2, 0.25) is 0 Å². The van der Waals surface area contributed by atoms with E-state index in [1.807, 2.05) is 0 Å². The molecule has 0 spiro atoms. The summed E-state index contributed by atoms with van der Waals surface area (Å²) < 4.78 is 37.6. The van der Waals surface area contributed by atoms with Gasteiger partial charge in [-0.2, -0.15) is 0 Å². The second kappa shape index (κ2) is 23.7. The quantitative estimate of drug-likeness (QED) is 0.274. The summed E-state index contributed by atoms with van der Waals surface area (Å²) in [5, 5.41) is 19.3. The number of aliphatic hydroxyl groups is 2. The van der Waals surface area contributed by atoms with E-state index < -0.39 is 61.2 Å². The molecule has 2 saturated carbocycles. The molecule has 2 N–H and O–H groups in total. The topological polar surface area (TPSA) is 183 Å². The summed E-state index contributed by atoms with van der Waals surface area (Å²) in [5.41, 5.74) is 0. The molecular weight excluding hydrogens is 690 g/mol. The SMILES string of the molecule is COC(=O)OCC(C)OC(=O)OC1CCCCC1O.COC(=O)OCC(C)OC(=O)OC1CCCCC1O.[Y].[Y]. The molecule has 0 bridgehead atoms. The molecule has 0 saturated heterocycles. The molecule has 0 aromatic rings. The van der Waals surface area contributed by atoms with Crippen molar-refractivity contribution < 1.29 is 133 Å². The number of methoxy groups -OCH3 is 2. The molecule has 0 amide bonds. The van der Waals surface area contributed by atoms with E-state index in [2.05, 4.69) is 18.9 Å². The van der Waals surface area contributed by atoms with Crippen molar-refractivity contribution in [3.8, 4) is 0 Å². The monoisotopic (exact) mass is 730 g/mol. The summed E-state index contributed by atoms with van der Waals surface area (Å²) in [7, 11) is 2.37. The summed E-state index contributed by atoms with van der Waals surface area (Å²) >= 11 is 0. The van der Waals surface area contributed by atoms with Crippen molar-refractivity contribution in [1.82, 2.24) is 0 Å². The Balaban J connectivity index is 0. The van der Waals surface area contributed by atoms with Gasteiger partial charge in [-0.15, -0.1) is 0 Å². The van der Waals surface area contributed by atoms with Gasteiger partial charge in [0.1, 0.15) is 37.6 Å². The zero-order valence-electron chi connectivity index (χ0n) is 23.5. The zero-order valence-corrected chi connectivity index (χ0v) is 29.2. The van der Waals surface area contributed by atoms with Gasteiger partial charge >= 0.3 is 24.6 Å². The van der Waals surface area contributed by atoms with Gasteiger partial charge in [-0.1, -0.05) is 12.8 Å². The van der Waals surface area contributed by atoms with Gasteiger partial charge in [0.15, 0.2) is 0 Å². The molecule has 0 aromatic heterocycles. The van der Waals surface area contributed by atoms with Crippen LogP contribution >= 0.6 is 0 Å². The Morgan fingerprint density at radius 1 is 0.625 bits per heavy atom. The van der Waals surface area contributed by atoms with Crippen molar-refractivity contribution >= 4 is 24.6 Å². The first-order valence-electron chi connectivity index (χ1n) is 12.6. The van der Waals surface area contributed by atoms with Crippen LogP contribution in [0.15, 0.2) is 0 Å². The number of carbonyl (C=O) groups excluding carboxylic acids is 4. The third kappa shape index (κ3) is 18.6. The minimum Gasteiger partial charge on any atom is -0.438 e. The molecule has 14 nitrogen and oxygen atoms in total. The Morgan fingerprint density at radius 2 is 0.950 bits per heavy atom. The van der Waals surface area contributed by atoms with Crippen molar-refractivity contribution in [1.29, 1.82) is 0 Å². The van der Waals surface area contributed by atoms with Crippen LogP contribution in [0.4, 0.5) is 19.2 Å².